The Bertz CT molecular complexity index is 1280. The quantitative estimate of drug-likeness (QED) is 0.608. The Hall–Kier alpha value is -3.18. The molecule has 0 aliphatic carbocycles. The zero-order chi connectivity index (χ0) is 21.5. The Morgan fingerprint density at radius 2 is 1.93 bits per heavy atom. The Labute approximate surface area is 176 Å². The van der Waals surface area contributed by atoms with Crippen LogP contribution >= 0.6 is 11.8 Å². The van der Waals surface area contributed by atoms with Crippen molar-refractivity contribution in [2.75, 3.05) is 12.0 Å². The highest BCUT2D eigenvalue weighted by Crippen LogP contribution is 2.27. The lowest BCUT2D eigenvalue weighted by molar-refractivity contribution is 0.0997. The number of sulfone groups is 1. The summed E-state index contributed by atoms with van der Waals surface area (Å²) in [5, 5.41) is 23.4. The average Bonchev–Trinajstić information content (AvgIpc) is 3.10. The van der Waals surface area contributed by atoms with Crippen molar-refractivity contribution in [1.82, 2.24) is 14.9 Å². The van der Waals surface area contributed by atoms with Gasteiger partial charge in [-0.2, -0.15) is 9.78 Å². The molecule has 0 spiro atoms. The smallest absolute Gasteiger partial charge is 0.252 e. The third-order valence-corrected chi connectivity index (χ3v) is 6.60. The molecule has 9 nitrogen and oxygen atoms in total. The number of aromatic hydroxyl groups is 1. The largest absolute Gasteiger partial charge is 0.507 e. The second-order valence-electron chi connectivity index (χ2n) is 6.74. The molecule has 0 fully saturated rings. The summed E-state index contributed by atoms with van der Waals surface area (Å²) in [5.41, 5.74) is 7.56. The van der Waals surface area contributed by atoms with Crippen molar-refractivity contribution in [2.45, 2.75) is 16.5 Å². The standard InChI is InChI=1S/C19H17N5O4S2/c1-30(27,28)13-5-2-11(3-6-13)8-17-21-22-19-24(17)23-15(10-29-19)12-4-7-16(25)14(9-12)18(20)26/h2-7,9,25H,8,10H2,1H3,(H2,20,26). The number of phenols is 1. The molecule has 1 aliphatic rings. The fourth-order valence-corrected chi connectivity index (χ4v) is 4.46. The van der Waals surface area contributed by atoms with Crippen LogP contribution in [0.25, 0.3) is 0 Å². The van der Waals surface area contributed by atoms with Gasteiger partial charge >= 0.3 is 0 Å². The second kappa shape index (κ2) is 7.58. The fourth-order valence-electron chi connectivity index (χ4n) is 2.97. The number of amides is 1. The molecule has 3 aromatic rings. The molecule has 1 aliphatic heterocycles. The molecule has 0 saturated heterocycles. The maximum absolute atomic E-state index is 11.6. The Morgan fingerprint density at radius 3 is 2.60 bits per heavy atom. The van der Waals surface area contributed by atoms with Crippen molar-refractivity contribution in [1.29, 1.82) is 0 Å². The highest BCUT2D eigenvalue weighted by Gasteiger charge is 2.21. The molecule has 4 rings (SSSR count). The molecule has 154 valence electrons. The lowest BCUT2D eigenvalue weighted by atomic mass is 10.1. The minimum atomic E-state index is -3.26. The van der Waals surface area contributed by atoms with Crippen LogP contribution in [-0.4, -0.2) is 52.0 Å². The highest BCUT2D eigenvalue weighted by atomic mass is 32.2. The number of primary amides is 1. The van der Waals surface area contributed by atoms with E-state index in [2.05, 4.69) is 15.3 Å². The molecule has 11 heteroatoms. The van der Waals surface area contributed by atoms with Crippen LogP contribution in [0.3, 0.4) is 0 Å². The van der Waals surface area contributed by atoms with Gasteiger partial charge in [0.15, 0.2) is 15.7 Å². The average molecular weight is 444 g/mol. The van der Waals surface area contributed by atoms with Crippen LogP contribution in [-0.2, 0) is 16.3 Å². The van der Waals surface area contributed by atoms with Crippen LogP contribution in [0.2, 0.25) is 0 Å². The maximum atomic E-state index is 11.6. The number of fused-ring (bicyclic) bond motifs is 1. The number of hydrogen-bond donors (Lipinski definition) is 2. The molecule has 2 heterocycles. The lowest BCUT2D eigenvalue weighted by Crippen LogP contribution is -2.17. The predicted molar refractivity (Wildman–Crippen MR) is 112 cm³/mol. The van der Waals surface area contributed by atoms with Crippen molar-refractivity contribution >= 4 is 33.2 Å². The third-order valence-electron chi connectivity index (χ3n) is 4.54. The van der Waals surface area contributed by atoms with Gasteiger partial charge in [-0.3, -0.25) is 4.79 Å². The molecule has 0 bridgehead atoms. The molecule has 1 aromatic heterocycles. The van der Waals surface area contributed by atoms with Crippen LogP contribution in [0.1, 0.15) is 27.3 Å². The first kappa shape index (κ1) is 20.1. The van der Waals surface area contributed by atoms with E-state index < -0.39 is 15.7 Å². The highest BCUT2D eigenvalue weighted by molar-refractivity contribution is 7.99. The van der Waals surface area contributed by atoms with E-state index in [-0.39, 0.29) is 16.2 Å². The van der Waals surface area contributed by atoms with Crippen molar-refractivity contribution in [2.24, 2.45) is 10.8 Å². The first-order chi connectivity index (χ1) is 14.2. The molecule has 0 saturated carbocycles. The van der Waals surface area contributed by atoms with Crippen molar-refractivity contribution in [3.8, 4) is 5.75 Å². The van der Waals surface area contributed by atoms with E-state index in [1.807, 2.05) is 0 Å². The Morgan fingerprint density at radius 1 is 1.20 bits per heavy atom. The zero-order valence-corrected chi connectivity index (χ0v) is 17.4. The van der Waals surface area contributed by atoms with Crippen LogP contribution in [0, 0.1) is 0 Å². The van der Waals surface area contributed by atoms with Crippen molar-refractivity contribution in [3.63, 3.8) is 0 Å². The summed E-state index contributed by atoms with van der Waals surface area (Å²) in [5.74, 6) is 0.209. The maximum Gasteiger partial charge on any atom is 0.252 e. The van der Waals surface area contributed by atoms with Gasteiger partial charge < -0.3 is 10.8 Å². The van der Waals surface area contributed by atoms with E-state index in [0.29, 0.717) is 34.4 Å². The SMILES string of the molecule is CS(=O)(=O)c1ccc(Cc2nnc3n2N=C(c2ccc(O)c(C(N)=O)c2)CS3)cc1. The van der Waals surface area contributed by atoms with Crippen molar-refractivity contribution in [3.05, 3.63) is 65.0 Å². The van der Waals surface area contributed by atoms with Crippen LogP contribution in [0.15, 0.2) is 57.6 Å². The molecule has 0 atom stereocenters. The first-order valence-corrected chi connectivity index (χ1v) is 11.7. The van der Waals surface area contributed by atoms with Gasteiger partial charge in [-0.15, -0.1) is 10.2 Å². The van der Waals surface area contributed by atoms with Crippen LogP contribution < -0.4 is 5.73 Å². The minimum Gasteiger partial charge on any atom is -0.507 e. The molecule has 2 aromatic carbocycles. The summed E-state index contributed by atoms with van der Waals surface area (Å²) in [6.45, 7) is 0. The zero-order valence-electron chi connectivity index (χ0n) is 15.8. The number of rotatable bonds is 5. The number of benzene rings is 2. The van der Waals surface area contributed by atoms with E-state index in [0.717, 1.165) is 11.8 Å². The van der Waals surface area contributed by atoms with Crippen LogP contribution in [0.4, 0.5) is 0 Å². The summed E-state index contributed by atoms with van der Waals surface area (Å²) in [6.07, 6.45) is 1.58. The fraction of sp³-hybridized carbons (Fsp3) is 0.158. The number of carbonyl (C=O) groups excluding carboxylic acids is 1. The van der Waals surface area contributed by atoms with Gasteiger partial charge in [-0.1, -0.05) is 23.9 Å². The Balaban J connectivity index is 1.65. The van der Waals surface area contributed by atoms with E-state index in [9.17, 15) is 18.3 Å². The number of aromatic nitrogens is 3. The van der Waals surface area contributed by atoms with Gasteiger partial charge in [0, 0.05) is 18.4 Å². The summed E-state index contributed by atoms with van der Waals surface area (Å²) in [7, 11) is -3.26. The molecule has 0 unspecified atom stereocenters. The normalized spacial score (nSPS) is 13.6. The number of carbonyl (C=O) groups is 1. The van der Waals surface area contributed by atoms with Crippen molar-refractivity contribution < 1.29 is 18.3 Å². The molecular formula is C19H17N5O4S2. The molecule has 1 amide bonds. The van der Waals surface area contributed by atoms with E-state index in [1.54, 1.807) is 35.0 Å². The monoisotopic (exact) mass is 443 g/mol. The van der Waals surface area contributed by atoms with Gasteiger partial charge in [0.1, 0.15) is 5.75 Å². The molecular weight excluding hydrogens is 426 g/mol. The number of nitrogens with zero attached hydrogens (tertiary/aromatic N) is 4. The summed E-state index contributed by atoms with van der Waals surface area (Å²) in [4.78, 5) is 11.8. The van der Waals surface area contributed by atoms with E-state index in [4.69, 9.17) is 5.73 Å². The number of nitrogens with two attached hydrogens (primary N) is 1. The van der Waals surface area contributed by atoms with Gasteiger partial charge in [0.2, 0.25) is 5.16 Å². The summed E-state index contributed by atoms with van der Waals surface area (Å²) < 4.78 is 24.9. The molecule has 3 N–H and O–H groups in total. The topological polar surface area (TPSA) is 141 Å². The van der Waals surface area contributed by atoms with E-state index >= 15 is 0 Å². The lowest BCUT2D eigenvalue weighted by Gasteiger charge is -2.14. The Kier molecular flexibility index (Phi) is 5.08. The first-order valence-electron chi connectivity index (χ1n) is 8.79. The van der Waals surface area contributed by atoms with E-state index in [1.165, 1.54) is 23.9 Å². The van der Waals surface area contributed by atoms with Gasteiger partial charge in [0.25, 0.3) is 5.91 Å². The predicted octanol–water partition coefficient (Wildman–Crippen LogP) is 1.44. The van der Waals surface area contributed by atoms with Crippen LogP contribution in [0.5, 0.6) is 5.75 Å². The number of hydrogen-bond acceptors (Lipinski definition) is 8. The third kappa shape index (κ3) is 3.94. The minimum absolute atomic E-state index is 0.0287. The number of thioether (sulfide) groups is 1. The van der Waals surface area contributed by atoms with Gasteiger partial charge in [-0.25, -0.2) is 8.42 Å². The van der Waals surface area contributed by atoms with Gasteiger partial charge in [0.05, 0.1) is 16.2 Å². The molecule has 30 heavy (non-hydrogen) atoms. The van der Waals surface area contributed by atoms with Gasteiger partial charge in [-0.05, 0) is 41.5 Å². The molecule has 0 radical (unpaired) electrons. The summed E-state index contributed by atoms with van der Waals surface area (Å²) in [6, 6.07) is 11.2. The second-order valence-corrected chi connectivity index (χ2v) is 9.69. The summed E-state index contributed by atoms with van der Waals surface area (Å²) >= 11 is 1.45.